The zero-order valence-corrected chi connectivity index (χ0v) is 11.7. The van der Waals surface area contributed by atoms with Crippen molar-refractivity contribution < 1.29 is 5.11 Å². The second-order valence-electron chi connectivity index (χ2n) is 5.73. The van der Waals surface area contributed by atoms with Gasteiger partial charge in [0.15, 0.2) is 0 Å². The van der Waals surface area contributed by atoms with Crippen molar-refractivity contribution >= 4 is 10.9 Å². The quantitative estimate of drug-likeness (QED) is 0.792. The van der Waals surface area contributed by atoms with E-state index >= 15 is 0 Å². The first-order valence-electron chi connectivity index (χ1n) is 7.26. The van der Waals surface area contributed by atoms with Crippen molar-refractivity contribution in [3.63, 3.8) is 0 Å². The molecule has 0 saturated heterocycles. The molecule has 1 aliphatic rings. The van der Waals surface area contributed by atoms with E-state index in [-0.39, 0.29) is 0 Å². The molecule has 0 amide bonds. The van der Waals surface area contributed by atoms with E-state index in [1.807, 2.05) is 12.1 Å². The lowest BCUT2D eigenvalue weighted by molar-refractivity contribution is 0.400. The molecular formula is C16H22N2O. The molecule has 2 unspecified atom stereocenters. The molecule has 102 valence electrons. The van der Waals surface area contributed by atoms with Crippen molar-refractivity contribution in [2.45, 2.75) is 51.6 Å². The van der Waals surface area contributed by atoms with Gasteiger partial charge in [0.05, 0.1) is 0 Å². The van der Waals surface area contributed by atoms with Gasteiger partial charge in [0.25, 0.3) is 0 Å². The summed E-state index contributed by atoms with van der Waals surface area (Å²) in [6, 6.07) is 6.74. The van der Waals surface area contributed by atoms with Crippen LogP contribution in [0.2, 0.25) is 0 Å². The topological polar surface area (TPSA) is 48.0 Å². The predicted molar refractivity (Wildman–Crippen MR) is 78.7 cm³/mol. The maximum absolute atomic E-state index is 9.67. The van der Waals surface area contributed by atoms with Crippen LogP contribution in [0, 0.1) is 0 Å². The van der Waals surface area contributed by atoms with E-state index in [2.05, 4.69) is 24.1 Å². The summed E-state index contributed by atoms with van der Waals surface area (Å²) in [4.78, 5) is 3.49. The summed E-state index contributed by atoms with van der Waals surface area (Å²) in [6.07, 6.45) is 4.51. The number of nitrogens with one attached hydrogen (secondary N) is 2. The van der Waals surface area contributed by atoms with Gasteiger partial charge in [0.2, 0.25) is 0 Å². The first kappa shape index (κ1) is 12.5. The third kappa shape index (κ3) is 2.35. The minimum absolute atomic E-state index is 0.353. The molecule has 2 atom stereocenters. The number of hydrogen-bond donors (Lipinski definition) is 3. The van der Waals surface area contributed by atoms with Crippen LogP contribution in [0.15, 0.2) is 18.2 Å². The van der Waals surface area contributed by atoms with Crippen LogP contribution in [0.5, 0.6) is 5.75 Å². The summed E-state index contributed by atoms with van der Waals surface area (Å²) >= 11 is 0. The minimum Gasteiger partial charge on any atom is -0.508 e. The molecule has 1 aliphatic carbocycles. The summed E-state index contributed by atoms with van der Waals surface area (Å²) in [5.41, 5.74) is 3.88. The molecule has 3 N–H and O–H groups in total. The van der Waals surface area contributed by atoms with Gasteiger partial charge in [-0.1, -0.05) is 6.92 Å². The summed E-state index contributed by atoms with van der Waals surface area (Å²) in [6.45, 7) is 4.46. The highest BCUT2D eigenvalue weighted by Crippen LogP contribution is 2.31. The third-order valence-electron chi connectivity index (χ3n) is 4.30. The number of rotatable bonds is 3. The van der Waals surface area contributed by atoms with Crippen molar-refractivity contribution in [1.82, 2.24) is 10.3 Å². The van der Waals surface area contributed by atoms with Crippen molar-refractivity contribution in [2.24, 2.45) is 0 Å². The Labute approximate surface area is 114 Å². The van der Waals surface area contributed by atoms with Gasteiger partial charge in [0, 0.05) is 28.7 Å². The molecule has 1 heterocycles. The molecule has 19 heavy (non-hydrogen) atoms. The first-order valence-corrected chi connectivity index (χ1v) is 7.26. The van der Waals surface area contributed by atoms with E-state index in [4.69, 9.17) is 0 Å². The first-order chi connectivity index (χ1) is 9.17. The average Bonchev–Trinajstić information content (AvgIpc) is 2.76. The number of H-pyrrole nitrogens is 1. The number of benzene rings is 1. The van der Waals surface area contributed by atoms with Crippen LogP contribution in [-0.2, 0) is 12.8 Å². The largest absolute Gasteiger partial charge is 0.508 e. The highest BCUT2D eigenvalue weighted by atomic mass is 16.3. The fourth-order valence-corrected chi connectivity index (χ4v) is 3.07. The van der Waals surface area contributed by atoms with Crippen LogP contribution in [0.1, 0.15) is 37.9 Å². The summed E-state index contributed by atoms with van der Waals surface area (Å²) in [7, 11) is 0. The van der Waals surface area contributed by atoms with Crippen LogP contribution >= 0.6 is 0 Å². The summed E-state index contributed by atoms with van der Waals surface area (Å²) < 4.78 is 0. The van der Waals surface area contributed by atoms with Gasteiger partial charge >= 0.3 is 0 Å². The molecule has 0 bridgehead atoms. The van der Waals surface area contributed by atoms with Gasteiger partial charge in [-0.05, 0) is 56.4 Å². The van der Waals surface area contributed by atoms with Crippen LogP contribution in [-0.4, -0.2) is 22.2 Å². The number of aryl methyl sites for hydroxylation is 1. The van der Waals surface area contributed by atoms with Gasteiger partial charge in [-0.3, -0.25) is 0 Å². The standard InChI is InChI=1S/C16H22N2O/c1-3-10(2)17-11-4-6-15-13(8-11)14-9-12(19)5-7-16(14)18-15/h5,7,9-11,17-19H,3-4,6,8H2,1-2H3. The molecule has 0 spiro atoms. The van der Waals surface area contributed by atoms with Gasteiger partial charge in [-0.25, -0.2) is 0 Å². The van der Waals surface area contributed by atoms with Crippen LogP contribution in [0.3, 0.4) is 0 Å². The molecule has 3 rings (SSSR count). The SMILES string of the molecule is CCC(C)NC1CCc2[nH]c3ccc(O)cc3c2C1. The number of hydrogen-bond acceptors (Lipinski definition) is 2. The van der Waals surface area contributed by atoms with Crippen molar-refractivity contribution in [2.75, 3.05) is 0 Å². The van der Waals surface area contributed by atoms with E-state index in [1.54, 1.807) is 6.07 Å². The van der Waals surface area contributed by atoms with Crippen molar-refractivity contribution in [3.8, 4) is 5.75 Å². The highest BCUT2D eigenvalue weighted by molar-refractivity contribution is 5.86. The fourth-order valence-electron chi connectivity index (χ4n) is 3.07. The molecular weight excluding hydrogens is 236 g/mol. The Morgan fingerprint density at radius 3 is 3.11 bits per heavy atom. The third-order valence-corrected chi connectivity index (χ3v) is 4.30. The fraction of sp³-hybridized carbons (Fsp3) is 0.500. The Morgan fingerprint density at radius 2 is 2.32 bits per heavy atom. The van der Waals surface area contributed by atoms with Gasteiger partial charge < -0.3 is 15.4 Å². The average molecular weight is 258 g/mol. The lowest BCUT2D eigenvalue weighted by Crippen LogP contribution is -2.39. The van der Waals surface area contributed by atoms with Crippen molar-refractivity contribution in [3.05, 3.63) is 29.5 Å². The summed E-state index contributed by atoms with van der Waals surface area (Å²) in [5, 5.41) is 14.6. The Bertz CT molecular complexity index is 588. The molecule has 0 fully saturated rings. The maximum atomic E-state index is 9.67. The van der Waals surface area contributed by atoms with Gasteiger partial charge in [-0.15, -0.1) is 0 Å². The molecule has 3 heteroatoms. The molecule has 2 aromatic rings. The molecule has 3 nitrogen and oxygen atoms in total. The smallest absolute Gasteiger partial charge is 0.116 e. The zero-order valence-electron chi connectivity index (χ0n) is 11.7. The van der Waals surface area contributed by atoms with Crippen molar-refractivity contribution in [1.29, 1.82) is 0 Å². The number of phenolic OH excluding ortho intramolecular Hbond substituents is 1. The number of aromatic amines is 1. The summed E-state index contributed by atoms with van der Waals surface area (Å²) in [5.74, 6) is 0.353. The number of aromatic hydroxyl groups is 1. The van der Waals surface area contributed by atoms with E-state index in [1.165, 1.54) is 23.1 Å². The number of phenols is 1. The molecule has 1 aromatic carbocycles. The van der Waals surface area contributed by atoms with Gasteiger partial charge in [0.1, 0.15) is 5.75 Å². The normalized spacial score (nSPS) is 20.4. The molecule has 0 aliphatic heterocycles. The van der Waals surface area contributed by atoms with Crippen LogP contribution < -0.4 is 5.32 Å². The van der Waals surface area contributed by atoms with Crippen LogP contribution in [0.25, 0.3) is 10.9 Å². The number of fused-ring (bicyclic) bond motifs is 3. The van der Waals surface area contributed by atoms with E-state index in [0.717, 1.165) is 24.8 Å². The minimum atomic E-state index is 0.353. The molecule has 0 saturated carbocycles. The second kappa shape index (κ2) is 4.89. The lowest BCUT2D eigenvalue weighted by atomic mass is 9.91. The zero-order chi connectivity index (χ0) is 13.4. The number of aromatic nitrogens is 1. The molecule has 1 aromatic heterocycles. The Morgan fingerprint density at radius 1 is 1.47 bits per heavy atom. The lowest BCUT2D eigenvalue weighted by Gasteiger charge is -2.26. The predicted octanol–water partition coefficient (Wildman–Crippen LogP) is 3.12. The second-order valence-corrected chi connectivity index (χ2v) is 5.73. The molecule has 0 radical (unpaired) electrons. The highest BCUT2D eigenvalue weighted by Gasteiger charge is 2.23. The van der Waals surface area contributed by atoms with E-state index in [9.17, 15) is 5.11 Å². The van der Waals surface area contributed by atoms with E-state index in [0.29, 0.717) is 17.8 Å². The Balaban J connectivity index is 1.90. The Kier molecular flexibility index (Phi) is 3.23. The van der Waals surface area contributed by atoms with Crippen LogP contribution in [0.4, 0.5) is 0 Å². The maximum Gasteiger partial charge on any atom is 0.116 e. The van der Waals surface area contributed by atoms with Gasteiger partial charge in [-0.2, -0.15) is 0 Å². The Hall–Kier alpha value is -1.48. The monoisotopic (exact) mass is 258 g/mol. The van der Waals surface area contributed by atoms with E-state index < -0.39 is 0 Å².